The van der Waals surface area contributed by atoms with Crippen LogP contribution in [0.15, 0.2) is 6.07 Å². The van der Waals surface area contributed by atoms with Crippen LogP contribution in [0.25, 0.3) is 0 Å². The fraction of sp³-hybridized carbons (Fsp3) is 0.250. The molecule has 0 radical (unpaired) electrons. The summed E-state index contributed by atoms with van der Waals surface area (Å²) in [5, 5.41) is 19.0. The van der Waals surface area contributed by atoms with Crippen molar-refractivity contribution in [3.05, 3.63) is 33.0 Å². The van der Waals surface area contributed by atoms with E-state index in [1.165, 1.54) is 6.92 Å². The number of hydrogen-bond acceptors (Lipinski definition) is 4. The van der Waals surface area contributed by atoms with Gasteiger partial charge in [0.25, 0.3) is 0 Å². The fourth-order valence-corrected chi connectivity index (χ4v) is 1.02. The van der Waals surface area contributed by atoms with E-state index in [1.807, 2.05) is 0 Å². The molecule has 0 fully saturated rings. The van der Waals surface area contributed by atoms with Crippen LogP contribution in [0.3, 0.4) is 0 Å². The van der Waals surface area contributed by atoms with Crippen LogP contribution in [0.1, 0.15) is 23.2 Å². The normalized spacial score (nSPS) is 10.1. The quantitative estimate of drug-likeness (QED) is 0.556. The van der Waals surface area contributed by atoms with Crippen LogP contribution in [0, 0.1) is 28.4 Å². The van der Waals surface area contributed by atoms with Gasteiger partial charge in [0.2, 0.25) is 5.69 Å². The van der Waals surface area contributed by atoms with Crippen molar-refractivity contribution in [3.63, 3.8) is 0 Å². The highest BCUT2D eigenvalue weighted by atomic mass is 19.3. The van der Waals surface area contributed by atoms with E-state index in [2.05, 4.69) is 4.98 Å². The van der Waals surface area contributed by atoms with Gasteiger partial charge in [0, 0.05) is 6.07 Å². The van der Waals surface area contributed by atoms with Crippen molar-refractivity contribution in [2.24, 2.45) is 0 Å². The van der Waals surface area contributed by atoms with Crippen molar-refractivity contribution >= 4 is 5.82 Å². The lowest BCUT2D eigenvalue weighted by atomic mass is 10.1. The van der Waals surface area contributed by atoms with Crippen LogP contribution < -0.4 is 0 Å². The minimum absolute atomic E-state index is 0.00750. The van der Waals surface area contributed by atoms with Gasteiger partial charge in [0.15, 0.2) is 0 Å². The number of nitriles is 1. The summed E-state index contributed by atoms with van der Waals surface area (Å²) < 4.78 is 24.5. The third-order valence-corrected chi connectivity index (χ3v) is 1.78. The Hall–Kier alpha value is -2.10. The Morgan fingerprint density at radius 2 is 2.27 bits per heavy atom. The molecule has 0 aliphatic carbocycles. The second kappa shape index (κ2) is 3.96. The van der Waals surface area contributed by atoms with Crippen LogP contribution in [0.4, 0.5) is 14.6 Å². The van der Waals surface area contributed by atoms with Gasteiger partial charge in [-0.2, -0.15) is 5.26 Å². The predicted octanol–water partition coefficient (Wildman–Crippen LogP) is 2.11. The van der Waals surface area contributed by atoms with Gasteiger partial charge in [-0.25, -0.2) is 8.78 Å². The largest absolute Gasteiger partial charge is 0.368 e. The molecule has 0 amide bonds. The van der Waals surface area contributed by atoms with Gasteiger partial charge < -0.3 is 10.1 Å². The smallest absolute Gasteiger partial charge is 0.358 e. The van der Waals surface area contributed by atoms with Gasteiger partial charge in [-0.05, 0) is 16.8 Å². The molecular formula is C8H5F2N3O2. The van der Waals surface area contributed by atoms with E-state index in [-0.39, 0.29) is 11.1 Å². The summed E-state index contributed by atoms with van der Waals surface area (Å²) in [5.74, 6) is -0.704. The summed E-state index contributed by atoms with van der Waals surface area (Å²) in [6.07, 6.45) is -2.93. The Bertz CT molecular complexity index is 454. The molecule has 1 rings (SSSR count). The van der Waals surface area contributed by atoms with Crippen LogP contribution >= 0.6 is 0 Å². The molecule has 0 spiro atoms. The summed E-state index contributed by atoms with van der Waals surface area (Å²) >= 11 is 0. The molecule has 0 aliphatic heterocycles. The molecule has 5 nitrogen and oxygen atoms in total. The van der Waals surface area contributed by atoms with Crippen molar-refractivity contribution in [2.75, 3.05) is 0 Å². The predicted molar refractivity (Wildman–Crippen MR) is 45.3 cm³/mol. The second-order valence-corrected chi connectivity index (χ2v) is 2.71. The van der Waals surface area contributed by atoms with E-state index in [4.69, 9.17) is 5.26 Å². The van der Waals surface area contributed by atoms with E-state index >= 15 is 0 Å². The first-order chi connectivity index (χ1) is 6.97. The monoisotopic (exact) mass is 213 g/mol. The molecule has 0 saturated carbocycles. The first kappa shape index (κ1) is 11.0. The molecule has 1 heterocycles. The van der Waals surface area contributed by atoms with Crippen molar-refractivity contribution in [3.8, 4) is 6.07 Å². The molecule has 0 saturated heterocycles. The van der Waals surface area contributed by atoms with Crippen molar-refractivity contribution < 1.29 is 13.7 Å². The summed E-state index contributed by atoms with van der Waals surface area (Å²) in [6, 6.07) is 2.46. The SMILES string of the molecule is Cc1c(C#N)cc(C(F)F)nc1[N+](=O)[O-]. The lowest BCUT2D eigenvalue weighted by Crippen LogP contribution is -2.02. The maximum absolute atomic E-state index is 12.3. The summed E-state index contributed by atoms with van der Waals surface area (Å²) in [4.78, 5) is 12.7. The van der Waals surface area contributed by atoms with E-state index in [9.17, 15) is 18.9 Å². The Labute approximate surface area is 83.1 Å². The van der Waals surface area contributed by atoms with Gasteiger partial charge in [-0.3, -0.25) is 0 Å². The molecule has 0 unspecified atom stereocenters. The average Bonchev–Trinajstić information content (AvgIpc) is 2.17. The molecule has 0 atom stereocenters. The molecule has 0 N–H and O–H groups in total. The van der Waals surface area contributed by atoms with Gasteiger partial charge in [0.1, 0.15) is 0 Å². The first-order valence-corrected chi connectivity index (χ1v) is 3.81. The van der Waals surface area contributed by atoms with Crippen LogP contribution in [-0.2, 0) is 0 Å². The Balaban J connectivity index is 3.47. The number of pyridine rings is 1. The Morgan fingerprint density at radius 1 is 1.67 bits per heavy atom. The number of halogens is 2. The number of rotatable bonds is 2. The van der Waals surface area contributed by atoms with E-state index < -0.39 is 22.9 Å². The minimum Gasteiger partial charge on any atom is -0.358 e. The maximum atomic E-state index is 12.3. The van der Waals surface area contributed by atoms with Crippen LogP contribution in [-0.4, -0.2) is 9.91 Å². The number of nitrogens with zero attached hydrogens (tertiary/aromatic N) is 3. The highest BCUT2D eigenvalue weighted by Gasteiger charge is 2.24. The first-order valence-electron chi connectivity index (χ1n) is 3.81. The van der Waals surface area contributed by atoms with E-state index in [0.717, 1.165) is 6.07 Å². The zero-order valence-corrected chi connectivity index (χ0v) is 7.57. The van der Waals surface area contributed by atoms with Crippen molar-refractivity contribution in [1.29, 1.82) is 5.26 Å². The van der Waals surface area contributed by atoms with Gasteiger partial charge in [-0.1, -0.05) is 0 Å². The topological polar surface area (TPSA) is 79.8 Å². The zero-order chi connectivity index (χ0) is 11.6. The molecule has 78 valence electrons. The molecule has 15 heavy (non-hydrogen) atoms. The average molecular weight is 213 g/mol. The number of nitro groups is 1. The second-order valence-electron chi connectivity index (χ2n) is 2.71. The van der Waals surface area contributed by atoms with E-state index in [1.54, 1.807) is 6.07 Å². The Morgan fingerprint density at radius 3 is 2.67 bits per heavy atom. The van der Waals surface area contributed by atoms with Crippen molar-refractivity contribution in [1.82, 2.24) is 4.98 Å². The van der Waals surface area contributed by atoms with Gasteiger partial charge in [0.05, 0.1) is 17.2 Å². The van der Waals surface area contributed by atoms with Gasteiger partial charge >= 0.3 is 12.2 Å². The van der Waals surface area contributed by atoms with Crippen LogP contribution in [0.5, 0.6) is 0 Å². The lowest BCUT2D eigenvalue weighted by molar-refractivity contribution is -0.390. The third kappa shape index (κ3) is 2.04. The molecule has 1 aromatic rings. The van der Waals surface area contributed by atoms with Crippen LogP contribution in [0.2, 0.25) is 0 Å². The molecule has 0 bridgehead atoms. The zero-order valence-electron chi connectivity index (χ0n) is 7.57. The number of hydrogen-bond donors (Lipinski definition) is 0. The summed E-state index contributed by atoms with van der Waals surface area (Å²) in [6.45, 7) is 1.29. The summed E-state index contributed by atoms with van der Waals surface area (Å²) in [7, 11) is 0. The third-order valence-electron chi connectivity index (χ3n) is 1.78. The standard InChI is InChI=1S/C8H5F2N3O2/c1-4-5(3-11)2-6(7(9)10)12-8(4)13(14)15/h2,7H,1H3. The fourth-order valence-electron chi connectivity index (χ4n) is 1.02. The number of aromatic nitrogens is 1. The minimum atomic E-state index is -2.93. The lowest BCUT2D eigenvalue weighted by Gasteiger charge is -2.01. The highest BCUT2D eigenvalue weighted by Crippen LogP contribution is 2.25. The highest BCUT2D eigenvalue weighted by molar-refractivity contribution is 5.46. The molecule has 1 aromatic heterocycles. The molecule has 7 heteroatoms. The summed E-state index contributed by atoms with van der Waals surface area (Å²) in [5.41, 5.74) is -0.928. The number of alkyl halides is 2. The molecular weight excluding hydrogens is 208 g/mol. The molecule has 0 aliphatic rings. The van der Waals surface area contributed by atoms with Crippen molar-refractivity contribution in [2.45, 2.75) is 13.3 Å². The van der Waals surface area contributed by atoms with E-state index in [0.29, 0.717) is 0 Å². The molecule has 0 aromatic carbocycles. The Kier molecular flexibility index (Phi) is 2.90. The van der Waals surface area contributed by atoms with Gasteiger partial charge in [-0.15, -0.1) is 0 Å². The maximum Gasteiger partial charge on any atom is 0.368 e.